The first kappa shape index (κ1) is 15.1. The topological polar surface area (TPSA) is 3.24 Å². The number of benzene rings is 1. The molecule has 0 atom stereocenters. The summed E-state index contributed by atoms with van der Waals surface area (Å²) >= 11 is 0. The van der Waals surface area contributed by atoms with Gasteiger partial charge in [-0.25, -0.2) is 0 Å². The van der Waals surface area contributed by atoms with Gasteiger partial charge in [-0.3, -0.25) is 0 Å². The third kappa shape index (κ3) is 5.09. The summed E-state index contributed by atoms with van der Waals surface area (Å²) in [6.07, 6.45) is 4.94. The molecular formula is C13H19NU. The van der Waals surface area contributed by atoms with Gasteiger partial charge in [-0.1, -0.05) is 24.6 Å². The van der Waals surface area contributed by atoms with Crippen molar-refractivity contribution in [3.05, 3.63) is 43.7 Å². The predicted octanol–water partition coefficient (Wildman–Crippen LogP) is 3.33. The molecule has 2 rings (SSSR count). The summed E-state index contributed by atoms with van der Waals surface area (Å²) in [5, 5.41) is 0. The summed E-state index contributed by atoms with van der Waals surface area (Å²) in [5.41, 5.74) is 1.36. The van der Waals surface area contributed by atoms with Crippen LogP contribution >= 0.6 is 0 Å². The fourth-order valence-electron chi connectivity index (χ4n) is 1.64. The molecule has 0 radical (unpaired) electrons. The first-order chi connectivity index (χ1) is 6.97. The number of rotatable bonds is 1. The summed E-state index contributed by atoms with van der Waals surface area (Å²) in [7, 11) is 0. The smallest absolute Gasteiger partial charge is 0.401 e. The summed E-state index contributed by atoms with van der Waals surface area (Å²) in [6, 6.07) is 10.6. The molecule has 1 nitrogen and oxygen atoms in total. The Kier molecular flexibility index (Phi) is 9.35. The van der Waals surface area contributed by atoms with Gasteiger partial charge in [0, 0.05) is 12.2 Å². The van der Waals surface area contributed by atoms with Crippen LogP contribution in [0.2, 0.25) is 0 Å². The maximum atomic E-state index is 3.25. The molecule has 0 spiro atoms. The van der Waals surface area contributed by atoms with E-state index in [2.05, 4.69) is 48.6 Å². The molecule has 0 aliphatic carbocycles. The van der Waals surface area contributed by atoms with Gasteiger partial charge in [0.05, 0.1) is 0 Å². The average molecular weight is 427 g/mol. The Morgan fingerprint density at radius 3 is 2.40 bits per heavy atom. The average Bonchev–Trinajstić information content (AvgIpc) is 2.34. The van der Waals surface area contributed by atoms with Crippen LogP contribution in [0.1, 0.15) is 19.8 Å². The van der Waals surface area contributed by atoms with Crippen molar-refractivity contribution in [3.63, 3.8) is 0 Å². The molecule has 0 saturated carbocycles. The first-order valence-electron chi connectivity index (χ1n) is 5.29. The van der Waals surface area contributed by atoms with Crippen LogP contribution in [0.4, 0.5) is 5.69 Å². The minimum absolute atomic E-state index is 0. The van der Waals surface area contributed by atoms with Crippen molar-refractivity contribution in [2.75, 3.05) is 18.0 Å². The Labute approximate surface area is 118 Å². The van der Waals surface area contributed by atoms with Crippen molar-refractivity contribution >= 4 is 5.69 Å². The number of para-hydroxylation sites is 1. The van der Waals surface area contributed by atoms with Crippen molar-refractivity contribution in [3.8, 4) is 0 Å². The molecule has 0 unspecified atom stereocenters. The fourth-order valence-corrected chi connectivity index (χ4v) is 1.64. The van der Waals surface area contributed by atoms with Gasteiger partial charge < -0.3 is 18.2 Å². The van der Waals surface area contributed by atoms with Gasteiger partial charge in [0.15, 0.2) is 0 Å². The van der Waals surface area contributed by atoms with E-state index in [1.165, 1.54) is 25.1 Å². The van der Waals surface area contributed by atoms with E-state index in [9.17, 15) is 0 Å². The van der Waals surface area contributed by atoms with Gasteiger partial charge in [0.1, 0.15) is 0 Å². The number of anilines is 1. The second kappa shape index (κ2) is 9.31. The monoisotopic (exact) mass is 427 g/mol. The number of hydrogen-bond donors (Lipinski definition) is 0. The third-order valence-corrected chi connectivity index (χ3v) is 2.31. The molecular weight excluding hydrogens is 408 g/mol. The summed E-state index contributed by atoms with van der Waals surface area (Å²) < 4.78 is 0. The van der Waals surface area contributed by atoms with Crippen molar-refractivity contribution in [1.29, 1.82) is 0 Å². The van der Waals surface area contributed by atoms with E-state index in [4.69, 9.17) is 0 Å². The van der Waals surface area contributed by atoms with Crippen LogP contribution in [0.25, 0.3) is 0 Å². The summed E-state index contributed by atoms with van der Waals surface area (Å²) in [4.78, 5) is 2.42. The minimum atomic E-state index is 0. The van der Waals surface area contributed by atoms with Crippen LogP contribution in [-0.4, -0.2) is 13.1 Å². The van der Waals surface area contributed by atoms with Gasteiger partial charge in [-0.15, -0.1) is 6.54 Å². The van der Waals surface area contributed by atoms with Crippen molar-refractivity contribution < 1.29 is 31.1 Å². The molecule has 15 heavy (non-hydrogen) atoms. The van der Waals surface area contributed by atoms with Crippen LogP contribution in [0, 0.1) is 44.5 Å². The van der Waals surface area contributed by atoms with E-state index in [0.717, 1.165) is 6.54 Å². The molecule has 1 aromatic rings. The molecule has 80 valence electrons. The van der Waals surface area contributed by atoms with Crippen molar-refractivity contribution in [2.24, 2.45) is 0 Å². The van der Waals surface area contributed by atoms with Gasteiger partial charge >= 0.3 is 31.1 Å². The van der Waals surface area contributed by atoms with E-state index < -0.39 is 0 Å². The Balaban J connectivity index is 0.000000617. The van der Waals surface area contributed by atoms with Crippen LogP contribution in [-0.2, 0) is 0 Å². The van der Waals surface area contributed by atoms with E-state index in [1.54, 1.807) is 6.92 Å². The van der Waals surface area contributed by atoms with Crippen LogP contribution in [0.3, 0.4) is 0 Å². The standard InChI is InChI=1S/C11H14N.C2H5.U/c1-3-7-11(8-4-1)12-9-5-2-6-10-12;1-2;/h1,3-5,7-8H,2,6,9-10H2;1H2,2H3;/q2*-1;+2. The van der Waals surface area contributed by atoms with Crippen molar-refractivity contribution in [1.82, 2.24) is 0 Å². The van der Waals surface area contributed by atoms with Gasteiger partial charge in [0.25, 0.3) is 0 Å². The quantitative estimate of drug-likeness (QED) is 0.622. The zero-order valence-electron chi connectivity index (χ0n) is 9.45. The predicted molar refractivity (Wildman–Crippen MR) is 63.2 cm³/mol. The van der Waals surface area contributed by atoms with Crippen LogP contribution in [0.15, 0.2) is 30.3 Å². The number of piperidine rings is 1. The van der Waals surface area contributed by atoms with E-state index in [1.807, 2.05) is 0 Å². The third-order valence-electron chi connectivity index (χ3n) is 2.31. The molecule has 1 aliphatic heterocycles. The Morgan fingerprint density at radius 2 is 1.87 bits per heavy atom. The summed E-state index contributed by atoms with van der Waals surface area (Å²) in [5.74, 6) is 0. The SMILES string of the molecule is [CH2-]C.[U+2].c1ccc(N2C[CH-]CCC2)cc1. The molecule has 1 aromatic carbocycles. The zero-order chi connectivity index (χ0) is 10.2. The second-order valence-electron chi connectivity index (χ2n) is 3.21. The normalized spacial score (nSPS) is 14.7. The molecule has 1 aliphatic rings. The molecule has 1 saturated heterocycles. The van der Waals surface area contributed by atoms with E-state index >= 15 is 0 Å². The Bertz CT molecular complexity index is 230. The molecule has 0 bridgehead atoms. The second-order valence-corrected chi connectivity index (χ2v) is 3.21. The Hall–Kier alpha value is 0.0719. The largest absolute Gasteiger partial charge is 2.00 e. The maximum Gasteiger partial charge on any atom is 2.00 e. The fraction of sp³-hybridized carbons (Fsp3) is 0.385. The molecule has 1 fully saturated rings. The summed E-state index contributed by atoms with van der Waals surface area (Å²) in [6.45, 7) is 7.32. The molecule has 2 heteroatoms. The first-order valence-corrected chi connectivity index (χ1v) is 5.29. The van der Waals surface area contributed by atoms with Crippen LogP contribution < -0.4 is 4.90 Å². The number of nitrogens with zero attached hydrogens (tertiary/aromatic N) is 1. The molecule has 1 heterocycles. The van der Waals surface area contributed by atoms with E-state index in [-0.39, 0.29) is 31.1 Å². The van der Waals surface area contributed by atoms with Gasteiger partial charge in [-0.05, 0) is 12.1 Å². The number of hydrogen-bond acceptors (Lipinski definition) is 1. The maximum absolute atomic E-state index is 3.25. The molecule has 0 aromatic heterocycles. The van der Waals surface area contributed by atoms with Gasteiger partial charge in [-0.2, -0.15) is 13.3 Å². The van der Waals surface area contributed by atoms with Gasteiger partial charge in [0.2, 0.25) is 0 Å². The van der Waals surface area contributed by atoms with Crippen molar-refractivity contribution in [2.45, 2.75) is 19.8 Å². The van der Waals surface area contributed by atoms with E-state index in [0.29, 0.717) is 0 Å². The Morgan fingerprint density at radius 1 is 1.20 bits per heavy atom. The van der Waals surface area contributed by atoms with Crippen LogP contribution in [0.5, 0.6) is 0 Å². The zero-order valence-corrected chi connectivity index (χ0v) is 13.6. The minimum Gasteiger partial charge on any atom is -0.401 e. The molecule has 0 N–H and O–H groups in total. The molecule has 0 amide bonds.